The van der Waals surface area contributed by atoms with Crippen LogP contribution in [0.4, 0.5) is 0 Å². The zero-order valence-electron chi connectivity index (χ0n) is 12.4. The first kappa shape index (κ1) is 14.6. The van der Waals surface area contributed by atoms with Gasteiger partial charge in [0.25, 0.3) is 0 Å². The van der Waals surface area contributed by atoms with Gasteiger partial charge in [0.05, 0.1) is 0 Å². The van der Waals surface area contributed by atoms with Gasteiger partial charge >= 0.3 is 0 Å². The first-order valence-electron chi connectivity index (χ1n) is 8.15. The van der Waals surface area contributed by atoms with Gasteiger partial charge in [-0.2, -0.15) is 0 Å². The summed E-state index contributed by atoms with van der Waals surface area (Å²) < 4.78 is 0. The zero-order chi connectivity index (χ0) is 13.3. The van der Waals surface area contributed by atoms with E-state index >= 15 is 0 Å². The van der Waals surface area contributed by atoms with E-state index in [1.807, 2.05) is 0 Å². The lowest BCUT2D eigenvalue weighted by Gasteiger charge is -2.22. The van der Waals surface area contributed by atoms with Crippen LogP contribution in [0.15, 0.2) is 30.3 Å². The molecule has 1 nitrogen and oxygen atoms in total. The highest BCUT2D eigenvalue weighted by Gasteiger charge is 2.19. The minimum absolute atomic E-state index is 0.725. The van der Waals surface area contributed by atoms with Gasteiger partial charge in [-0.15, -0.1) is 0 Å². The molecule has 0 saturated heterocycles. The molecule has 0 amide bonds. The van der Waals surface area contributed by atoms with Crippen LogP contribution in [0.2, 0.25) is 0 Å². The second-order valence-electron chi connectivity index (χ2n) is 6.06. The zero-order valence-corrected chi connectivity index (χ0v) is 12.4. The van der Waals surface area contributed by atoms with Gasteiger partial charge in [0.1, 0.15) is 0 Å². The van der Waals surface area contributed by atoms with E-state index in [0.29, 0.717) is 0 Å². The van der Waals surface area contributed by atoms with Crippen LogP contribution in [-0.2, 0) is 6.42 Å². The van der Waals surface area contributed by atoms with Crippen molar-refractivity contribution in [3.8, 4) is 0 Å². The van der Waals surface area contributed by atoms with Crippen molar-refractivity contribution in [3.05, 3.63) is 35.9 Å². The molecule has 1 heteroatoms. The molecule has 0 heterocycles. The van der Waals surface area contributed by atoms with Gasteiger partial charge in [0.15, 0.2) is 0 Å². The van der Waals surface area contributed by atoms with Crippen LogP contribution in [0, 0.1) is 5.92 Å². The minimum atomic E-state index is 0.725. The maximum Gasteiger partial charge on any atom is 0.00728 e. The highest BCUT2D eigenvalue weighted by molar-refractivity contribution is 5.14. The van der Waals surface area contributed by atoms with Crippen molar-refractivity contribution < 1.29 is 0 Å². The Morgan fingerprint density at radius 2 is 1.89 bits per heavy atom. The molecule has 1 atom stereocenters. The lowest BCUT2D eigenvalue weighted by Crippen LogP contribution is -2.32. The van der Waals surface area contributed by atoms with E-state index in [1.54, 1.807) is 0 Å². The molecule has 0 radical (unpaired) electrons. The first-order valence-corrected chi connectivity index (χ1v) is 8.15. The van der Waals surface area contributed by atoms with Crippen molar-refractivity contribution in [2.45, 2.75) is 64.3 Å². The largest absolute Gasteiger partial charge is 0.314 e. The van der Waals surface area contributed by atoms with Crippen molar-refractivity contribution in [2.24, 2.45) is 5.92 Å². The van der Waals surface area contributed by atoms with Crippen molar-refractivity contribution >= 4 is 0 Å². The van der Waals surface area contributed by atoms with E-state index in [4.69, 9.17) is 0 Å². The Morgan fingerprint density at radius 1 is 1.16 bits per heavy atom. The number of hydrogen-bond donors (Lipinski definition) is 1. The fraction of sp³-hybridized carbons (Fsp3) is 0.667. The van der Waals surface area contributed by atoms with Crippen LogP contribution < -0.4 is 5.32 Å². The van der Waals surface area contributed by atoms with E-state index in [0.717, 1.165) is 12.0 Å². The quantitative estimate of drug-likeness (QED) is 0.721. The van der Waals surface area contributed by atoms with Gasteiger partial charge in [-0.05, 0) is 43.7 Å². The molecule has 19 heavy (non-hydrogen) atoms. The second-order valence-corrected chi connectivity index (χ2v) is 6.06. The summed E-state index contributed by atoms with van der Waals surface area (Å²) in [7, 11) is 0. The van der Waals surface area contributed by atoms with E-state index in [2.05, 4.69) is 42.6 Å². The molecule has 1 aromatic carbocycles. The molecule has 1 aliphatic rings. The summed E-state index contributed by atoms with van der Waals surface area (Å²) in [6.07, 6.45) is 11.0. The molecule has 1 fully saturated rings. The summed E-state index contributed by atoms with van der Waals surface area (Å²) in [5.74, 6) is 0.991. The number of benzene rings is 1. The van der Waals surface area contributed by atoms with E-state index in [9.17, 15) is 0 Å². The molecule has 106 valence electrons. The van der Waals surface area contributed by atoms with E-state index < -0.39 is 0 Å². The van der Waals surface area contributed by atoms with Crippen LogP contribution in [0.1, 0.15) is 57.4 Å². The Bertz CT molecular complexity index is 327. The standard InChI is InChI=1S/C18H29N/c1-2-14-19-18(15-17-10-6-7-11-17)13-12-16-8-4-3-5-9-16/h3-5,8-9,17-19H,2,6-7,10-15H2,1H3. The fourth-order valence-corrected chi connectivity index (χ4v) is 3.29. The number of rotatable bonds is 8. The Hall–Kier alpha value is -0.820. The van der Waals surface area contributed by atoms with Gasteiger partial charge in [-0.1, -0.05) is 62.9 Å². The molecule has 1 unspecified atom stereocenters. The third-order valence-electron chi connectivity index (χ3n) is 4.40. The van der Waals surface area contributed by atoms with E-state index in [1.165, 1.54) is 63.5 Å². The maximum atomic E-state index is 3.77. The summed E-state index contributed by atoms with van der Waals surface area (Å²) in [6, 6.07) is 11.7. The first-order chi connectivity index (χ1) is 9.38. The number of aryl methyl sites for hydroxylation is 1. The highest BCUT2D eigenvalue weighted by Crippen LogP contribution is 2.29. The molecule has 0 spiro atoms. The molecule has 0 bridgehead atoms. The minimum Gasteiger partial charge on any atom is -0.314 e. The Morgan fingerprint density at radius 3 is 2.58 bits per heavy atom. The smallest absolute Gasteiger partial charge is 0.00728 e. The Balaban J connectivity index is 1.78. The number of nitrogens with one attached hydrogen (secondary N) is 1. The summed E-state index contributed by atoms with van der Waals surface area (Å²) in [5, 5.41) is 3.77. The third-order valence-corrected chi connectivity index (χ3v) is 4.40. The van der Waals surface area contributed by atoms with Crippen LogP contribution in [0.5, 0.6) is 0 Å². The summed E-state index contributed by atoms with van der Waals surface area (Å²) in [6.45, 7) is 3.43. The molecule has 1 N–H and O–H groups in total. The van der Waals surface area contributed by atoms with Crippen LogP contribution in [0.25, 0.3) is 0 Å². The van der Waals surface area contributed by atoms with Gasteiger partial charge < -0.3 is 5.32 Å². The molecule has 2 rings (SSSR count). The average Bonchev–Trinajstić information content (AvgIpc) is 2.96. The predicted molar refractivity (Wildman–Crippen MR) is 83.4 cm³/mol. The Kier molecular flexibility index (Phi) is 6.43. The summed E-state index contributed by atoms with van der Waals surface area (Å²) in [4.78, 5) is 0. The van der Waals surface area contributed by atoms with Crippen molar-refractivity contribution in [1.82, 2.24) is 5.32 Å². The third kappa shape index (κ3) is 5.36. The van der Waals surface area contributed by atoms with Gasteiger partial charge in [0.2, 0.25) is 0 Å². The molecule has 1 aromatic rings. The monoisotopic (exact) mass is 259 g/mol. The van der Waals surface area contributed by atoms with Gasteiger partial charge in [0, 0.05) is 6.04 Å². The topological polar surface area (TPSA) is 12.0 Å². The lowest BCUT2D eigenvalue weighted by molar-refractivity contribution is 0.371. The second kappa shape index (κ2) is 8.37. The van der Waals surface area contributed by atoms with Gasteiger partial charge in [-0.25, -0.2) is 0 Å². The molecule has 0 aromatic heterocycles. The lowest BCUT2D eigenvalue weighted by atomic mass is 9.94. The average molecular weight is 259 g/mol. The summed E-state index contributed by atoms with van der Waals surface area (Å²) >= 11 is 0. The molecule has 1 aliphatic carbocycles. The highest BCUT2D eigenvalue weighted by atomic mass is 14.9. The molecule has 0 aliphatic heterocycles. The molecular formula is C18H29N. The van der Waals surface area contributed by atoms with Crippen molar-refractivity contribution in [3.63, 3.8) is 0 Å². The summed E-state index contributed by atoms with van der Waals surface area (Å²) in [5.41, 5.74) is 1.48. The van der Waals surface area contributed by atoms with Crippen molar-refractivity contribution in [1.29, 1.82) is 0 Å². The normalized spacial score (nSPS) is 17.7. The predicted octanol–water partition coefficient (Wildman–Crippen LogP) is 4.57. The van der Waals surface area contributed by atoms with Crippen molar-refractivity contribution in [2.75, 3.05) is 6.54 Å². The maximum absolute atomic E-state index is 3.77. The molecule has 1 saturated carbocycles. The van der Waals surface area contributed by atoms with Crippen LogP contribution in [-0.4, -0.2) is 12.6 Å². The van der Waals surface area contributed by atoms with Crippen LogP contribution >= 0.6 is 0 Å². The fourth-order valence-electron chi connectivity index (χ4n) is 3.29. The van der Waals surface area contributed by atoms with Crippen LogP contribution in [0.3, 0.4) is 0 Å². The number of hydrogen-bond acceptors (Lipinski definition) is 1. The Labute approximate surface area is 118 Å². The SMILES string of the molecule is CCCNC(CCc1ccccc1)CC1CCCC1. The molecular weight excluding hydrogens is 230 g/mol. The van der Waals surface area contributed by atoms with E-state index in [-0.39, 0.29) is 0 Å². The van der Waals surface area contributed by atoms with Gasteiger partial charge in [-0.3, -0.25) is 0 Å².